The van der Waals surface area contributed by atoms with Gasteiger partial charge in [0, 0.05) is 55.2 Å². The highest BCUT2D eigenvalue weighted by Gasteiger charge is 2.26. The monoisotopic (exact) mass is 546 g/mol. The molecule has 2 aromatic rings. The summed E-state index contributed by atoms with van der Waals surface area (Å²) in [7, 11) is 0. The van der Waals surface area contributed by atoms with E-state index < -0.39 is 0 Å². The zero-order chi connectivity index (χ0) is 28.5. The molecule has 210 valence electrons. The van der Waals surface area contributed by atoms with Gasteiger partial charge in [-0.2, -0.15) is 0 Å². The fourth-order valence-corrected chi connectivity index (χ4v) is 5.92. The van der Waals surface area contributed by atoms with E-state index in [0.29, 0.717) is 12.5 Å². The van der Waals surface area contributed by atoms with Crippen molar-refractivity contribution in [2.45, 2.75) is 59.8 Å². The van der Waals surface area contributed by atoms with Crippen LogP contribution in [0.1, 0.15) is 63.8 Å². The SMILES string of the molecule is C=C/C=C(\C=C(/C)CN)C1CCc2c(nc3cc(C(=C)N4CCN(C(=C)CCC)CC4)ccc3c2Cl)C1.CC. The molecule has 0 bridgehead atoms. The van der Waals surface area contributed by atoms with Gasteiger partial charge in [0.05, 0.1) is 10.5 Å². The van der Waals surface area contributed by atoms with Crippen molar-refractivity contribution >= 4 is 28.2 Å². The van der Waals surface area contributed by atoms with Crippen molar-refractivity contribution in [3.8, 4) is 0 Å². The van der Waals surface area contributed by atoms with Gasteiger partial charge in [0.15, 0.2) is 0 Å². The van der Waals surface area contributed by atoms with Crippen LogP contribution >= 0.6 is 11.6 Å². The molecule has 0 amide bonds. The summed E-state index contributed by atoms with van der Waals surface area (Å²) in [6.45, 7) is 25.4. The molecule has 1 aromatic carbocycles. The van der Waals surface area contributed by atoms with E-state index in [-0.39, 0.29) is 0 Å². The molecule has 1 aliphatic heterocycles. The lowest BCUT2D eigenvalue weighted by Gasteiger charge is -2.39. The van der Waals surface area contributed by atoms with Gasteiger partial charge in [0.25, 0.3) is 0 Å². The number of nitrogens with zero attached hydrogens (tertiary/aromatic N) is 3. The van der Waals surface area contributed by atoms with Crippen LogP contribution in [-0.4, -0.2) is 47.5 Å². The Morgan fingerprint density at radius 2 is 1.85 bits per heavy atom. The zero-order valence-corrected chi connectivity index (χ0v) is 25.3. The topological polar surface area (TPSA) is 45.4 Å². The lowest BCUT2D eigenvalue weighted by Crippen LogP contribution is -2.44. The van der Waals surface area contributed by atoms with Crippen LogP contribution in [0.4, 0.5) is 0 Å². The average molecular weight is 547 g/mol. The molecule has 1 aromatic heterocycles. The summed E-state index contributed by atoms with van der Waals surface area (Å²) >= 11 is 6.96. The number of benzene rings is 1. The summed E-state index contributed by atoms with van der Waals surface area (Å²) in [6.07, 6.45) is 11.2. The zero-order valence-electron chi connectivity index (χ0n) is 24.5. The van der Waals surface area contributed by atoms with Crippen molar-refractivity contribution in [2.24, 2.45) is 11.7 Å². The average Bonchev–Trinajstić information content (AvgIpc) is 2.97. The molecule has 39 heavy (non-hydrogen) atoms. The molecule has 5 heteroatoms. The Morgan fingerprint density at radius 3 is 2.49 bits per heavy atom. The third-order valence-electron chi connectivity index (χ3n) is 7.78. The van der Waals surface area contributed by atoms with Crippen LogP contribution in [0.2, 0.25) is 5.02 Å². The lowest BCUT2D eigenvalue weighted by molar-refractivity contribution is 0.209. The van der Waals surface area contributed by atoms with Crippen LogP contribution < -0.4 is 5.73 Å². The molecule has 1 saturated heterocycles. The summed E-state index contributed by atoms with van der Waals surface area (Å²) in [5.74, 6) is 0.380. The predicted octanol–water partition coefficient (Wildman–Crippen LogP) is 7.94. The van der Waals surface area contributed by atoms with Gasteiger partial charge in [-0.15, -0.1) is 0 Å². The Balaban J connectivity index is 0.00000205. The van der Waals surface area contributed by atoms with E-state index >= 15 is 0 Å². The molecule has 4 nitrogen and oxygen atoms in total. The summed E-state index contributed by atoms with van der Waals surface area (Å²) in [5, 5.41) is 1.87. The highest BCUT2D eigenvalue weighted by molar-refractivity contribution is 6.36. The van der Waals surface area contributed by atoms with Gasteiger partial charge in [-0.05, 0) is 61.3 Å². The summed E-state index contributed by atoms with van der Waals surface area (Å²) < 4.78 is 0. The van der Waals surface area contributed by atoms with Crippen molar-refractivity contribution in [3.63, 3.8) is 0 Å². The fraction of sp³-hybridized carbons (Fsp3) is 0.441. The molecule has 1 fully saturated rings. The first-order valence-electron chi connectivity index (χ1n) is 14.5. The largest absolute Gasteiger partial charge is 0.372 e. The molecule has 2 N–H and O–H groups in total. The standard InChI is InChI=1S/C32H41ClN4.C2H6/c1-6-8-23(4)36-14-16-37(17-15-36)24(5)25-10-12-28-30(19-25)35-31-20-27(11-13-29(31)32(28)33)26(9-7-2)18-22(3)21-34;1-2/h7,9-10,12,18-19,27H,2,4-6,8,11,13-17,20-21,34H2,1,3H3;1-2H3/b22-18+,26-9+;. The third-order valence-corrected chi connectivity index (χ3v) is 8.21. The van der Waals surface area contributed by atoms with Crippen LogP contribution in [0, 0.1) is 5.92 Å². The number of hydrogen-bond donors (Lipinski definition) is 1. The Labute approximate surface area is 241 Å². The first kappa shape index (κ1) is 30.7. The number of fused-ring (bicyclic) bond motifs is 2. The van der Waals surface area contributed by atoms with E-state index in [1.165, 1.54) is 22.4 Å². The van der Waals surface area contributed by atoms with Gasteiger partial charge in [-0.3, -0.25) is 4.98 Å². The quantitative estimate of drug-likeness (QED) is 0.324. The normalized spacial score (nSPS) is 17.8. The summed E-state index contributed by atoms with van der Waals surface area (Å²) in [6, 6.07) is 6.42. The minimum Gasteiger partial charge on any atom is -0.372 e. The lowest BCUT2D eigenvalue weighted by atomic mass is 9.81. The molecule has 1 aliphatic carbocycles. The van der Waals surface area contributed by atoms with Crippen molar-refractivity contribution in [2.75, 3.05) is 32.7 Å². The molecular formula is C34H47ClN4. The van der Waals surface area contributed by atoms with E-state index in [1.54, 1.807) is 0 Å². The van der Waals surface area contributed by atoms with Gasteiger partial charge in [-0.1, -0.05) is 94.5 Å². The van der Waals surface area contributed by atoms with Gasteiger partial charge in [-0.25, -0.2) is 0 Å². The number of hydrogen-bond acceptors (Lipinski definition) is 4. The predicted molar refractivity (Wildman–Crippen MR) is 171 cm³/mol. The molecule has 0 saturated carbocycles. The van der Waals surface area contributed by atoms with Gasteiger partial charge in [0.2, 0.25) is 0 Å². The number of allylic oxidation sites excluding steroid dienone is 5. The fourth-order valence-electron chi connectivity index (χ4n) is 5.56. The van der Waals surface area contributed by atoms with E-state index in [2.05, 4.69) is 73.7 Å². The highest BCUT2D eigenvalue weighted by Crippen LogP contribution is 2.38. The molecular weight excluding hydrogens is 500 g/mol. The van der Waals surface area contributed by atoms with Gasteiger partial charge in [0.1, 0.15) is 0 Å². The molecule has 0 spiro atoms. The second kappa shape index (κ2) is 14.5. The molecule has 0 radical (unpaired) electrons. The first-order valence-corrected chi connectivity index (χ1v) is 14.9. The molecule has 2 aliphatic rings. The Bertz CT molecular complexity index is 1250. The maximum Gasteiger partial charge on any atom is 0.0727 e. The van der Waals surface area contributed by atoms with Crippen LogP contribution in [0.15, 0.2) is 73.0 Å². The summed E-state index contributed by atoms with van der Waals surface area (Å²) in [4.78, 5) is 9.94. The maximum absolute atomic E-state index is 6.96. The smallest absolute Gasteiger partial charge is 0.0727 e. The number of rotatable bonds is 9. The molecule has 1 unspecified atom stereocenters. The van der Waals surface area contributed by atoms with Crippen molar-refractivity contribution < 1.29 is 0 Å². The minimum absolute atomic E-state index is 0.380. The van der Waals surface area contributed by atoms with Crippen LogP contribution in [0.25, 0.3) is 16.6 Å². The van der Waals surface area contributed by atoms with Crippen LogP contribution in [-0.2, 0) is 12.8 Å². The Kier molecular flexibility index (Phi) is 11.4. The van der Waals surface area contributed by atoms with Crippen molar-refractivity contribution in [3.05, 3.63) is 94.9 Å². The number of aromatic nitrogens is 1. The van der Waals surface area contributed by atoms with E-state index in [1.807, 2.05) is 19.9 Å². The Hall–Kier alpha value is -2.82. The summed E-state index contributed by atoms with van der Waals surface area (Å²) in [5.41, 5.74) is 15.0. The third kappa shape index (κ3) is 7.23. The van der Waals surface area contributed by atoms with Crippen molar-refractivity contribution in [1.82, 2.24) is 14.8 Å². The van der Waals surface area contributed by atoms with Gasteiger partial charge < -0.3 is 15.5 Å². The van der Waals surface area contributed by atoms with E-state index in [0.717, 1.165) is 91.2 Å². The van der Waals surface area contributed by atoms with Crippen LogP contribution in [0.5, 0.6) is 0 Å². The van der Waals surface area contributed by atoms with E-state index in [4.69, 9.17) is 22.3 Å². The molecule has 4 rings (SSSR count). The minimum atomic E-state index is 0.380. The molecule has 2 heterocycles. The molecule has 1 atom stereocenters. The number of nitrogens with two attached hydrogens (primary N) is 1. The van der Waals surface area contributed by atoms with E-state index in [9.17, 15) is 0 Å². The van der Waals surface area contributed by atoms with Crippen molar-refractivity contribution in [1.29, 1.82) is 0 Å². The van der Waals surface area contributed by atoms with Crippen LogP contribution in [0.3, 0.4) is 0 Å². The number of piperazine rings is 1. The highest BCUT2D eigenvalue weighted by atomic mass is 35.5. The number of pyridine rings is 1. The Morgan fingerprint density at radius 1 is 1.15 bits per heavy atom. The second-order valence-electron chi connectivity index (χ2n) is 10.4. The number of halogens is 1. The second-order valence-corrected chi connectivity index (χ2v) is 10.7. The maximum atomic E-state index is 6.96. The first-order chi connectivity index (χ1) is 18.9. The van der Waals surface area contributed by atoms with Gasteiger partial charge >= 0.3 is 0 Å².